The van der Waals surface area contributed by atoms with Crippen LogP contribution in [0.5, 0.6) is 0 Å². The molecule has 0 aliphatic carbocycles. The molecule has 0 atom stereocenters. The predicted molar refractivity (Wildman–Crippen MR) is 75.5 cm³/mol. The Hall–Kier alpha value is -1.24. The van der Waals surface area contributed by atoms with Crippen molar-refractivity contribution in [3.05, 3.63) is 16.2 Å². The molecular weight excluding hydrogens is 286 g/mol. The maximum absolute atomic E-state index is 11.5. The lowest BCUT2D eigenvalue weighted by molar-refractivity contribution is 0.102. The first kappa shape index (κ1) is 12.8. The summed E-state index contributed by atoms with van der Waals surface area (Å²) in [6.45, 7) is 4.45. The normalized spacial score (nSPS) is 16.0. The highest BCUT2D eigenvalue weighted by Crippen LogP contribution is 2.33. The van der Waals surface area contributed by atoms with E-state index in [4.69, 9.17) is 16.3 Å². The number of hydrogen-bond acceptors (Lipinski definition) is 6. The summed E-state index contributed by atoms with van der Waals surface area (Å²) < 4.78 is 6.25. The number of hydrogen-bond donors (Lipinski definition) is 0. The molecule has 19 heavy (non-hydrogen) atoms. The fourth-order valence-electron chi connectivity index (χ4n) is 2.05. The molecule has 1 aliphatic heterocycles. The van der Waals surface area contributed by atoms with Crippen molar-refractivity contribution in [1.29, 1.82) is 0 Å². The number of rotatable bonds is 2. The molecule has 1 saturated heterocycles. The van der Waals surface area contributed by atoms with Crippen LogP contribution in [0, 0.1) is 0 Å². The molecule has 100 valence electrons. The second kappa shape index (κ2) is 5.03. The van der Waals surface area contributed by atoms with Crippen LogP contribution in [0.4, 0.5) is 5.82 Å². The van der Waals surface area contributed by atoms with Crippen LogP contribution in [0.1, 0.15) is 16.6 Å². The van der Waals surface area contributed by atoms with Gasteiger partial charge in [-0.1, -0.05) is 0 Å². The van der Waals surface area contributed by atoms with Crippen molar-refractivity contribution in [3.8, 4) is 0 Å². The summed E-state index contributed by atoms with van der Waals surface area (Å²) in [6, 6.07) is 1.78. The third-order valence-electron chi connectivity index (χ3n) is 2.98. The number of nitrogens with zero attached hydrogens (tertiary/aromatic N) is 3. The number of carbonyl (C=O) groups is 1. The number of anilines is 1. The molecule has 0 bridgehead atoms. The molecule has 1 aliphatic rings. The second-order valence-corrected chi connectivity index (χ2v) is 5.69. The molecule has 0 N–H and O–H groups in total. The zero-order chi connectivity index (χ0) is 13.4. The lowest BCUT2D eigenvalue weighted by Crippen LogP contribution is -2.36. The summed E-state index contributed by atoms with van der Waals surface area (Å²) >= 11 is 7.39. The standard InChI is InChI=1S/C12H12ClN3O2S/c1-7(17)9-6-8-10(19-9)11(15-12(13)14-8)16-2-4-18-5-3-16/h6H,2-5H2,1H3. The first-order valence-electron chi connectivity index (χ1n) is 5.96. The van der Waals surface area contributed by atoms with Gasteiger partial charge in [0.1, 0.15) is 0 Å². The summed E-state index contributed by atoms with van der Waals surface area (Å²) in [6.07, 6.45) is 0. The fraction of sp³-hybridized carbons (Fsp3) is 0.417. The van der Waals surface area contributed by atoms with E-state index >= 15 is 0 Å². The Morgan fingerprint density at radius 2 is 2.16 bits per heavy atom. The van der Waals surface area contributed by atoms with Gasteiger partial charge in [0.15, 0.2) is 11.6 Å². The predicted octanol–water partition coefficient (Wildman–Crippen LogP) is 2.38. The van der Waals surface area contributed by atoms with Crippen LogP contribution >= 0.6 is 22.9 Å². The highest BCUT2D eigenvalue weighted by atomic mass is 35.5. The molecule has 0 saturated carbocycles. The van der Waals surface area contributed by atoms with E-state index in [9.17, 15) is 4.79 Å². The van der Waals surface area contributed by atoms with E-state index in [-0.39, 0.29) is 11.1 Å². The molecule has 3 rings (SSSR count). The molecule has 2 aromatic heterocycles. The highest BCUT2D eigenvalue weighted by Gasteiger charge is 2.19. The lowest BCUT2D eigenvalue weighted by atomic mass is 10.3. The van der Waals surface area contributed by atoms with Crippen molar-refractivity contribution >= 4 is 44.8 Å². The Labute approximate surface area is 119 Å². The van der Waals surface area contributed by atoms with Gasteiger partial charge in [0.25, 0.3) is 0 Å². The smallest absolute Gasteiger partial charge is 0.224 e. The molecule has 3 heterocycles. The summed E-state index contributed by atoms with van der Waals surface area (Å²) in [7, 11) is 0. The van der Waals surface area contributed by atoms with E-state index in [1.807, 2.05) is 0 Å². The van der Waals surface area contributed by atoms with Gasteiger partial charge < -0.3 is 9.64 Å². The van der Waals surface area contributed by atoms with Crippen LogP contribution in [0.25, 0.3) is 10.2 Å². The molecular formula is C12H12ClN3O2S. The van der Waals surface area contributed by atoms with E-state index < -0.39 is 0 Å². The maximum atomic E-state index is 11.5. The number of ether oxygens (including phenoxy) is 1. The van der Waals surface area contributed by atoms with Gasteiger partial charge in [-0.05, 0) is 24.6 Å². The Kier molecular flexibility index (Phi) is 3.38. The van der Waals surface area contributed by atoms with Gasteiger partial charge in [-0.2, -0.15) is 4.98 Å². The summed E-state index contributed by atoms with van der Waals surface area (Å²) in [5.41, 5.74) is 0.733. The summed E-state index contributed by atoms with van der Waals surface area (Å²) in [5.74, 6) is 0.836. The SMILES string of the molecule is CC(=O)c1cc2nc(Cl)nc(N3CCOCC3)c2s1. The first-order chi connectivity index (χ1) is 9.15. The van der Waals surface area contributed by atoms with E-state index in [2.05, 4.69) is 14.9 Å². The number of thiophene rings is 1. The van der Waals surface area contributed by atoms with E-state index in [0.717, 1.165) is 29.1 Å². The topological polar surface area (TPSA) is 55.3 Å². The minimum atomic E-state index is 0.0343. The Balaban J connectivity index is 2.13. The number of aromatic nitrogens is 2. The number of morpholine rings is 1. The quantitative estimate of drug-likeness (QED) is 0.629. The summed E-state index contributed by atoms with van der Waals surface area (Å²) in [5, 5.41) is 0.210. The molecule has 0 aromatic carbocycles. The molecule has 2 aromatic rings. The van der Waals surface area contributed by atoms with Gasteiger partial charge in [0.05, 0.1) is 28.3 Å². The van der Waals surface area contributed by atoms with Crippen LogP contribution in [0.3, 0.4) is 0 Å². The largest absolute Gasteiger partial charge is 0.378 e. The third kappa shape index (κ3) is 2.43. The zero-order valence-corrected chi connectivity index (χ0v) is 11.9. The molecule has 0 unspecified atom stereocenters. The van der Waals surface area contributed by atoms with Crippen molar-refractivity contribution in [2.24, 2.45) is 0 Å². The first-order valence-corrected chi connectivity index (χ1v) is 7.15. The van der Waals surface area contributed by atoms with Gasteiger partial charge in [-0.15, -0.1) is 11.3 Å². The van der Waals surface area contributed by atoms with E-state index in [1.54, 1.807) is 13.0 Å². The van der Waals surface area contributed by atoms with Gasteiger partial charge in [-0.3, -0.25) is 4.79 Å². The zero-order valence-electron chi connectivity index (χ0n) is 10.4. The van der Waals surface area contributed by atoms with Crippen LogP contribution in [0.2, 0.25) is 5.28 Å². The Bertz CT molecular complexity index is 637. The highest BCUT2D eigenvalue weighted by molar-refractivity contribution is 7.21. The minimum absolute atomic E-state index is 0.0343. The third-order valence-corrected chi connectivity index (χ3v) is 4.37. The van der Waals surface area contributed by atoms with E-state index in [1.165, 1.54) is 11.3 Å². The van der Waals surface area contributed by atoms with Gasteiger partial charge >= 0.3 is 0 Å². The molecule has 1 fully saturated rings. The van der Waals surface area contributed by atoms with Crippen LogP contribution in [-0.4, -0.2) is 42.1 Å². The average Bonchev–Trinajstić information content (AvgIpc) is 2.82. The van der Waals surface area contributed by atoms with Crippen LogP contribution < -0.4 is 4.90 Å². The summed E-state index contributed by atoms with van der Waals surface area (Å²) in [4.78, 5) is 22.8. The second-order valence-electron chi connectivity index (χ2n) is 4.30. The van der Waals surface area contributed by atoms with Gasteiger partial charge in [0, 0.05) is 13.1 Å². The van der Waals surface area contributed by atoms with Crippen molar-refractivity contribution < 1.29 is 9.53 Å². The molecule has 0 amide bonds. The number of carbonyl (C=O) groups excluding carboxylic acids is 1. The van der Waals surface area contributed by atoms with Gasteiger partial charge in [-0.25, -0.2) is 4.98 Å². The molecule has 5 nitrogen and oxygen atoms in total. The Morgan fingerprint density at radius 3 is 2.84 bits per heavy atom. The minimum Gasteiger partial charge on any atom is -0.378 e. The number of Topliss-reactive ketones (excluding diaryl/α,β-unsaturated/α-hetero) is 1. The monoisotopic (exact) mass is 297 g/mol. The average molecular weight is 298 g/mol. The fourth-order valence-corrected chi connectivity index (χ4v) is 3.23. The van der Waals surface area contributed by atoms with Gasteiger partial charge in [0.2, 0.25) is 5.28 Å². The Morgan fingerprint density at radius 1 is 1.42 bits per heavy atom. The van der Waals surface area contributed by atoms with E-state index in [0.29, 0.717) is 18.1 Å². The molecule has 0 spiro atoms. The lowest BCUT2D eigenvalue weighted by Gasteiger charge is -2.28. The number of ketones is 1. The van der Waals surface area contributed by atoms with Crippen molar-refractivity contribution in [2.45, 2.75) is 6.92 Å². The van der Waals surface area contributed by atoms with Crippen LogP contribution in [0.15, 0.2) is 6.07 Å². The molecule has 7 heteroatoms. The van der Waals surface area contributed by atoms with Crippen molar-refractivity contribution in [3.63, 3.8) is 0 Å². The molecule has 0 radical (unpaired) electrons. The van der Waals surface area contributed by atoms with Crippen LogP contribution in [-0.2, 0) is 4.74 Å². The maximum Gasteiger partial charge on any atom is 0.224 e. The van der Waals surface area contributed by atoms with Crippen molar-refractivity contribution in [1.82, 2.24) is 9.97 Å². The number of halogens is 1. The van der Waals surface area contributed by atoms with Crippen molar-refractivity contribution in [2.75, 3.05) is 31.2 Å². The number of fused-ring (bicyclic) bond motifs is 1.